The van der Waals surface area contributed by atoms with Gasteiger partial charge in [0.1, 0.15) is 0 Å². The van der Waals surface area contributed by atoms with E-state index in [2.05, 4.69) is 15.1 Å². The molecule has 18 heavy (non-hydrogen) atoms. The fourth-order valence-electron chi connectivity index (χ4n) is 1.36. The number of carbonyl (C=O) groups excluding carboxylic acids is 1. The number of hydrogen-bond acceptors (Lipinski definition) is 5. The second-order valence-corrected chi connectivity index (χ2v) is 3.65. The van der Waals surface area contributed by atoms with Gasteiger partial charge in [-0.3, -0.25) is 9.78 Å². The smallest absolute Gasteiger partial charge is 0.296 e. The minimum Gasteiger partial charge on any atom is -0.338 e. The molecule has 2 aromatic rings. The number of carbonyl (C=O) groups is 1. The molecule has 2 heterocycles. The SMILES string of the molecule is Cc1ccncc1-c1noc(CC(=O)C(F)F)n1. The van der Waals surface area contributed by atoms with Crippen molar-refractivity contribution in [1.29, 1.82) is 0 Å². The van der Waals surface area contributed by atoms with E-state index in [-0.39, 0.29) is 11.7 Å². The Balaban J connectivity index is 2.21. The summed E-state index contributed by atoms with van der Waals surface area (Å²) in [4.78, 5) is 18.6. The third-order valence-electron chi connectivity index (χ3n) is 2.32. The summed E-state index contributed by atoms with van der Waals surface area (Å²) < 4.78 is 28.9. The molecule has 0 aliphatic rings. The molecule has 0 radical (unpaired) electrons. The lowest BCUT2D eigenvalue weighted by Crippen LogP contribution is -2.12. The minimum atomic E-state index is -3.03. The molecule has 0 fully saturated rings. The fraction of sp³-hybridized carbons (Fsp3) is 0.273. The van der Waals surface area contributed by atoms with Crippen molar-refractivity contribution in [3.05, 3.63) is 29.9 Å². The van der Waals surface area contributed by atoms with Gasteiger partial charge in [0, 0.05) is 18.0 Å². The molecule has 0 aromatic carbocycles. The van der Waals surface area contributed by atoms with E-state index < -0.39 is 18.6 Å². The van der Waals surface area contributed by atoms with Crippen LogP contribution in [0.5, 0.6) is 0 Å². The molecule has 0 spiro atoms. The van der Waals surface area contributed by atoms with E-state index in [0.29, 0.717) is 5.56 Å². The molecule has 94 valence electrons. The fourth-order valence-corrected chi connectivity index (χ4v) is 1.36. The quantitative estimate of drug-likeness (QED) is 0.831. The number of aromatic nitrogens is 3. The van der Waals surface area contributed by atoms with E-state index in [9.17, 15) is 13.6 Å². The lowest BCUT2D eigenvalue weighted by molar-refractivity contribution is -0.129. The van der Waals surface area contributed by atoms with Crippen molar-refractivity contribution in [1.82, 2.24) is 15.1 Å². The number of rotatable bonds is 4. The molecule has 5 nitrogen and oxygen atoms in total. The largest absolute Gasteiger partial charge is 0.338 e. The van der Waals surface area contributed by atoms with Gasteiger partial charge < -0.3 is 4.52 Å². The highest BCUT2D eigenvalue weighted by Gasteiger charge is 2.20. The number of ketones is 1. The van der Waals surface area contributed by atoms with E-state index in [1.165, 1.54) is 0 Å². The molecule has 0 N–H and O–H groups in total. The summed E-state index contributed by atoms with van der Waals surface area (Å²) in [5.41, 5.74) is 1.51. The van der Waals surface area contributed by atoms with Gasteiger partial charge in [0.05, 0.1) is 6.42 Å². The number of alkyl halides is 2. The Morgan fingerprint density at radius 1 is 1.50 bits per heavy atom. The van der Waals surface area contributed by atoms with Crippen molar-refractivity contribution in [2.45, 2.75) is 19.8 Å². The number of Topliss-reactive ketones (excluding diaryl/α,β-unsaturated/α-hetero) is 1. The van der Waals surface area contributed by atoms with Crippen LogP contribution in [0.1, 0.15) is 11.5 Å². The Hall–Kier alpha value is -2.18. The summed E-state index contributed by atoms with van der Waals surface area (Å²) in [6, 6.07) is 1.76. The Labute approximate surface area is 101 Å². The van der Waals surface area contributed by atoms with Crippen LogP contribution in [0.3, 0.4) is 0 Å². The van der Waals surface area contributed by atoms with Gasteiger partial charge in [0.2, 0.25) is 17.5 Å². The standard InChI is InChI=1S/C11H9F2N3O2/c1-6-2-3-14-5-7(6)11-15-9(18-16-11)4-8(17)10(12)13/h2-3,5,10H,4H2,1H3. The summed E-state index contributed by atoms with van der Waals surface area (Å²) in [5, 5.41) is 3.64. The predicted octanol–water partition coefficient (Wildman–Crippen LogP) is 1.82. The van der Waals surface area contributed by atoms with E-state index in [4.69, 9.17) is 4.52 Å². The summed E-state index contributed by atoms with van der Waals surface area (Å²) in [6.07, 6.45) is -0.441. The van der Waals surface area contributed by atoms with Crippen LogP contribution in [0.25, 0.3) is 11.4 Å². The molecule has 2 aromatic heterocycles. The zero-order valence-electron chi connectivity index (χ0n) is 9.43. The van der Waals surface area contributed by atoms with E-state index in [1.54, 1.807) is 18.5 Å². The first-order chi connectivity index (χ1) is 8.58. The molecule has 0 bridgehead atoms. The van der Waals surface area contributed by atoms with Crippen LogP contribution in [0.15, 0.2) is 23.0 Å². The van der Waals surface area contributed by atoms with Crippen molar-refractivity contribution in [3.8, 4) is 11.4 Å². The maximum Gasteiger partial charge on any atom is 0.296 e. The molecule has 0 aliphatic heterocycles. The average molecular weight is 253 g/mol. The molecule has 2 rings (SSSR count). The summed E-state index contributed by atoms with van der Waals surface area (Å²) >= 11 is 0. The van der Waals surface area contributed by atoms with E-state index >= 15 is 0 Å². The van der Waals surface area contributed by atoms with Crippen molar-refractivity contribution in [2.24, 2.45) is 0 Å². The lowest BCUT2D eigenvalue weighted by Gasteiger charge is -1.97. The Bertz CT molecular complexity index is 569. The van der Waals surface area contributed by atoms with Gasteiger partial charge >= 0.3 is 0 Å². The highest BCUT2D eigenvalue weighted by Crippen LogP contribution is 2.18. The van der Waals surface area contributed by atoms with Crippen LogP contribution in [-0.4, -0.2) is 27.3 Å². The van der Waals surface area contributed by atoms with Gasteiger partial charge in [-0.15, -0.1) is 0 Å². The molecular formula is C11H9F2N3O2. The molecule has 7 heteroatoms. The van der Waals surface area contributed by atoms with Crippen LogP contribution in [-0.2, 0) is 11.2 Å². The third kappa shape index (κ3) is 2.55. The van der Waals surface area contributed by atoms with Gasteiger partial charge in [-0.25, -0.2) is 8.78 Å². The normalized spacial score (nSPS) is 10.9. The number of hydrogen-bond donors (Lipinski definition) is 0. The molecule has 0 amide bonds. The second-order valence-electron chi connectivity index (χ2n) is 3.65. The molecular weight excluding hydrogens is 244 g/mol. The zero-order chi connectivity index (χ0) is 13.1. The van der Waals surface area contributed by atoms with Crippen LogP contribution < -0.4 is 0 Å². The number of halogens is 2. The summed E-state index contributed by atoms with van der Waals surface area (Å²) in [5.74, 6) is -1.13. The van der Waals surface area contributed by atoms with Crippen LogP contribution >= 0.6 is 0 Å². The second kappa shape index (κ2) is 4.99. The van der Waals surface area contributed by atoms with Crippen molar-refractivity contribution in [2.75, 3.05) is 0 Å². The van der Waals surface area contributed by atoms with E-state index in [0.717, 1.165) is 5.56 Å². The Morgan fingerprint density at radius 2 is 2.28 bits per heavy atom. The molecule has 0 saturated heterocycles. The van der Waals surface area contributed by atoms with Gasteiger partial charge in [-0.1, -0.05) is 5.16 Å². The molecule has 0 atom stereocenters. The van der Waals surface area contributed by atoms with Crippen LogP contribution in [0.2, 0.25) is 0 Å². The molecule has 0 saturated carbocycles. The first-order valence-electron chi connectivity index (χ1n) is 5.12. The van der Waals surface area contributed by atoms with Gasteiger partial charge in [-0.05, 0) is 18.6 Å². The van der Waals surface area contributed by atoms with Crippen molar-refractivity contribution < 1.29 is 18.1 Å². The van der Waals surface area contributed by atoms with Gasteiger partial charge in [0.25, 0.3) is 6.43 Å². The highest BCUT2D eigenvalue weighted by molar-refractivity contribution is 5.83. The van der Waals surface area contributed by atoms with E-state index in [1.807, 2.05) is 6.92 Å². The third-order valence-corrected chi connectivity index (χ3v) is 2.32. The van der Waals surface area contributed by atoms with Gasteiger partial charge in [-0.2, -0.15) is 4.98 Å². The van der Waals surface area contributed by atoms with Gasteiger partial charge in [0.15, 0.2) is 0 Å². The minimum absolute atomic E-state index is 0.126. The Morgan fingerprint density at radius 3 is 2.94 bits per heavy atom. The number of nitrogens with zero attached hydrogens (tertiary/aromatic N) is 3. The Kier molecular flexibility index (Phi) is 3.40. The maximum absolute atomic E-state index is 12.1. The highest BCUT2D eigenvalue weighted by atomic mass is 19.3. The first-order valence-corrected chi connectivity index (χ1v) is 5.12. The molecule has 0 aliphatic carbocycles. The van der Waals surface area contributed by atoms with Crippen LogP contribution in [0.4, 0.5) is 8.78 Å². The average Bonchev–Trinajstić information content (AvgIpc) is 2.77. The summed E-state index contributed by atoms with van der Waals surface area (Å²) in [6.45, 7) is 1.83. The van der Waals surface area contributed by atoms with Crippen molar-refractivity contribution >= 4 is 5.78 Å². The molecule has 0 unspecified atom stereocenters. The zero-order valence-corrected chi connectivity index (χ0v) is 9.43. The summed E-state index contributed by atoms with van der Waals surface area (Å²) in [7, 11) is 0. The number of pyridine rings is 1. The monoisotopic (exact) mass is 253 g/mol. The first kappa shape index (κ1) is 12.3. The lowest BCUT2D eigenvalue weighted by atomic mass is 10.1. The predicted molar refractivity (Wildman–Crippen MR) is 57.0 cm³/mol. The number of aryl methyl sites for hydroxylation is 1. The van der Waals surface area contributed by atoms with Crippen molar-refractivity contribution in [3.63, 3.8) is 0 Å². The van der Waals surface area contributed by atoms with Crippen LogP contribution in [0, 0.1) is 6.92 Å². The maximum atomic E-state index is 12.1. The topological polar surface area (TPSA) is 68.9 Å².